The van der Waals surface area contributed by atoms with E-state index < -0.39 is 9.84 Å². The predicted octanol–water partition coefficient (Wildman–Crippen LogP) is 0.727. The number of hydrogen-bond donors (Lipinski definition) is 0. The van der Waals surface area contributed by atoms with Crippen LogP contribution in [0.5, 0.6) is 0 Å². The second kappa shape index (κ2) is 3.18. The molecule has 4 nitrogen and oxygen atoms in total. The second-order valence-electron chi connectivity index (χ2n) is 2.63. The van der Waals surface area contributed by atoms with Gasteiger partial charge >= 0.3 is 0 Å². The molecule has 0 aliphatic heterocycles. The van der Waals surface area contributed by atoms with Gasteiger partial charge in [0.15, 0.2) is 9.84 Å². The van der Waals surface area contributed by atoms with Gasteiger partial charge in [-0.05, 0) is 15.9 Å². The Morgan fingerprint density at radius 2 is 2.25 bits per heavy atom. The third kappa shape index (κ3) is 2.31. The van der Waals surface area contributed by atoms with E-state index in [1.807, 2.05) is 0 Å². The molecular weight excluding hydrogens is 244 g/mol. The van der Waals surface area contributed by atoms with Crippen molar-refractivity contribution in [1.29, 1.82) is 0 Å². The Hall–Kier alpha value is -0.360. The van der Waals surface area contributed by atoms with Gasteiger partial charge in [-0.1, -0.05) is 0 Å². The zero-order chi connectivity index (χ0) is 9.35. The molecule has 68 valence electrons. The lowest BCUT2D eigenvalue weighted by molar-refractivity contribution is 0.597. The average molecular weight is 253 g/mol. The number of hydrogen-bond acceptors (Lipinski definition) is 3. The van der Waals surface area contributed by atoms with E-state index in [1.54, 1.807) is 17.9 Å². The molecule has 1 aromatic heterocycles. The summed E-state index contributed by atoms with van der Waals surface area (Å²) < 4.78 is 24.2. The van der Waals surface area contributed by atoms with Crippen molar-refractivity contribution in [3.8, 4) is 0 Å². The van der Waals surface area contributed by atoms with Gasteiger partial charge in [-0.15, -0.1) is 0 Å². The van der Waals surface area contributed by atoms with Crippen LogP contribution in [0.4, 0.5) is 0 Å². The highest BCUT2D eigenvalue weighted by Gasteiger charge is 2.11. The molecule has 12 heavy (non-hydrogen) atoms. The van der Waals surface area contributed by atoms with Crippen LogP contribution in [0.2, 0.25) is 0 Å². The van der Waals surface area contributed by atoms with Crippen LogP contribution in [0.25, 0.3) is 0 Å². The summed E-state index contributed by atoms with van der Waals surface area (Å²) in [5, 5.41) is 3.91. The summed E-state index contributed by atoms with van der Waals surface area (Å²) in [7, 11) is -1.27. The molecule has 1 aromatic rings. The minimum absolute atomic E-state index is 0.0179. The zero-order valence-corrected chi connectivity index (χ0v) is 9.18. The summed E-state index contributed by atoms with van der Waals surface area (Å²) in [6.45, 7) is 0. The zero-order valence-electron chi connectivity index (χ0n) is 6.78. The van der Waals surface area contributed by atoms with Crippen molar-refractivity contribution in [1.82, 2.24) is 9.78 Å². The Balaban J connectivity index is 3.04. The van der Waals surface area contributed by atoms with Crippen LogP contribution >= 0.6 is 15.9 Å². The Labute approximate surface area is 79.6 Å². The van der Waals surface area contributed by atoms with Crippen LogP contribution in [-0.2, 0) is 22.6 Å². The first-order valence-electron chi connectivity index (χ1n) is 3.24. The fraction of sp³-hybridized carbons (Fsp3) is 0.500. The highest BCUT2D eigenvalue weighted by atomic mass is 79.9. The highest BCUT2D eigenvalue weighted by Crippen LogP contribution is 2.16. The molecule has 0 saturated heterocycles. The van der Waals surface area contributed by atoms with Crippen molar-refractivity contribution in [2.24, 2.45) is 7.05 Å². The van der Waals surface area contributed by atoms with Crippen LogP contribution in [-0.4, -0.2) is 24.5 Å². The maximum atomic E-state index is 10.9. The largest absolute Gasteiger partial charge is 0.270 e. The summed E-state index contributed by atoms with van der Waals surface area (Å²) in [4.78, 5) is 0. The molecule has 0 N–H and O–H groups in total. The van der Waals surface area contributed by atoms with E-state index in [9.17, 15) is 8.42 Å². The van der Waals surface area contributed by atoms with Gasteiger partial charge in [0.25, 0.3) is 0 Å². The van der Waals surface area contributed by atoms with E-state index >= 15 is 0 Å². The molecule has 0 amide bonds. The van der Waals surface area contributed by atoms with Gasteiger partial charge < -0.3 is 0 Å². The first-order chi connectivity index (χ1) is 5.40. The molecular formula is C6H9BrN2O2S. The third-order valence-electron chi connectivity index (χ3n) is 1.41. The van der Waals surface area contributed by atoms with Gasteiger partial charge in [-0.25, -0.2) is 8.42 Å². The molecule has 1 heterocycles. The van der Waals surface area contributed by atoms with E-state index in [1.165, 1.54) is 6.26 Å². The van der Waals surface area contributed by atoms with Crippen LogP contribution in [0.3, 0.4) is 0 Å². The topological polar surface area (TPSA) is 52.0 Å². The van der Waals surface area contributed by atoms with Crippen molar-refractivity contribution in [2.75, 3.05) is 6.26 Å². The van der Waals surface area contributed by atoms with Crippen molar-refractivity contribution in [2.45, 2.75) is 5.75 Å². The predicted molar refractivity (Wildman–Crippen MR) is 49.5 cm³/mol. The minimum atomic E-state index is -2.98. The SMILES string of the molecule is Cn1ncc(Br)c1CS(C)(=O)=O. The Morgan fingerprint density at radius 3 is 2.58 bits per heavy atom. The molecule has 0 aromatic carbocycles. The van der Waals surface area contributed by atoms with Gasteiger partial charge in [-0.2, -0.15) is 5.10 Å². The monoisotopic (exact) mass is 252 g/mol. The third-order valence-corrected chi connectivity index (χ3v) is 2.87. The number of rotatable bonds is 2. The molecule has 1 rings (SSSR count). The van der Waals surface area contributed by atoms with Crippen molar-refractivity contribution in [3.05, 3.63) is 16.4 Å². The summed E-state index contributed by atoms with van der Waals surface area (Å²) in [6.07, 6.45) is 2.78. The smallest absolute Gasteiger partial charge is 0.153 e. The Kier molecular flexibility index (Phi) is 2.58. The lowest BCUT2D eigenvalue weighted by atomic mass is 10.5. The summed E-state index contributed by atoms with van der Waals surface area (Å²) in [5.41, 5.74) is 0.678. The molecule has 0 aliphatic carbocycles. The van der Waals surface area contributed by atoms with Gasteiger partial charge in [0, 0.05) is 13.3 Å². The maximum absolute atomic E-state index is 10.9. The van der Waals surface area contributed by atoms with Crippen LogP contribution in [0, 0.1) is 0 Å². The first kappa shape index (κ1) is 9.73. The lowest BCUT2D eigenvalue weighted by Crippen LogP contribution is -2.06. The van der Waals surface area contributed by atoms with Gasteiger partial charge in [0.1, 0.15) is 0 Å². The van der Waals surface area contributed by atoms with Crippen molar-refractivity contribution < 1.29 is 8.42 Å². The fourth-order valence-corrected chi connectivity index (χ4v) is 2.36. The molecule has 0 unspecified atom stereocenters. The van der Waals surface area contributed by atoms with Crippen molar-refractivity contribution in [3.63, 3.8) is 0 Å². The normalized spacial score (nSPS) is 11.9. The molecule has 0 bridgehead atoms. The number of aryl methyl sites for hydroxylation is 1. The summed E-state index contributed by atoms with van der Waals surface area (Å²) in [5.74, 6) is 0.0179. The Bertz CT molecular complexity index is 363. The van der Waals surface area contributed by atoms with E-state index in [0.29, 0.717) is 5.69 Å². The summed E-state index contributed by atoms with van der Waals surface area (Å²) in [6, 6.07) is 0. The van der Waals surface area contributed by atoms with Crippen molar-refractivity contribution >= 4 is 25.8 Å². The molecule has 0 saturated carbocycles. The number of sulfone groups is 1. The molecule has 6 heteroatoms. The van der Waals surface area contributed by atoms with Crippen LogP contribution in [0.1, 0.15) is 5.69 Å². The van der Waals surface area contributed by atoms with E-state index in [0.717, 1.165) is 4.47 Å². The average Bonchev–Trinajstić information content (AvgIpc) is 2.16. The van der Waals surface area contributed by atoms with Gasteiger partial charge in [0.05, 0.1) is 22.1 Å². The van der Waals surface area contributed by atoms with Crippen LogP contribution < -0.4 is 0 Å². The van der Waals surface area contributed by atoms with E-state index in [4.69, 9.17) is 0 Å². The lowest BCUT2D eigenvalue weighted by Gasteiger charge is -1.99. The first-order valence-corrected chi connectivity index (χ1v) is 6.09. The number of aromatic nitrogens is 2. The quantitative estimate of drug-likeness (QED) is 0.780. The molecule has 0 aliphatic rings. The minimum Gasteiger partial charge on any atom is -0.270 e. The van der Waals surface area contributed by atoms with Gasteiger partial charge in [-0.3, -0.25) is 4.68 Å². The Morgan fingerprint density at radius 1 is 1.67 bits per heavy atom. The number of nitrogens with zero attached hydrogens (tertiary/aromatic N) is 2. The molecule has 0 radical (unpaired) electrons. The maximum Gasteiger partial charge on any atom is 0.153 e. The van der Waals surface area contributed by atoms with Gasteiger partial charge in [0.2, 0.25) is 0 Å². The van der Waals surface area contributed by atoms with Crippen LogP contribution in [0.15, 0.2) is 10.7 Å². The molecule has 0 spiro atoms. The highest BCUT2D eigenvalue weighted by molar-refractivity contribution is 9.10. The standard InChI is InChI=1S/C6H9BrN2O2S/c1-9-6(4-12(2,10)11)5(7)3-8-9/h3H,4H2,1-2H3. The number of halogens is 1. The fourth-order valence-electron chi connectivity index (χ4n) is 0.847. The van der Waals surface area contributed by atoms with E-state index in [2.05, 4.69) is 21.0 Å². The second-order valence-corrected chi connectivity index (χ2v) is 5.63. The van der Waals surface area contributed by atoms with E-state index in [-0.39, 0.29) is 5.75 Å². The summed E-state index contributed by atoms with van der Waals surface area (Å²) >= 11 is 3.22. The molecule has 0 fully saturated rings. The molecule has 0 atom stereocenters.